The van der Waals surface area contributed by atoms with Gasteiger partial charge in [-0.1, -0.05) is 6.07 Å². The number of ether oxygens (including phenoxy) is 1. The van der Waals surface area contributed by atoms with Crippen LogP contribution in [0.15, 0.2) is 17.5 Å². The van der Waals surface area contributed by atoms with Crippen molar-refractivity contribution in [3.05, 3.63) is 22.4 Å². The molecule has 20 heteroatoms. The van der Waals surface area contributed by atoms with E-state index in [1.54, 1.807) is 0 Å². The average Bonchev–Trinajstić information content (AvgIpc) is 3.20. The monoisotopic (exact) mass is 590 g/mol. The molecule has 0 atom stereocenters. The van der Waals surface area contributed by atoms with Crippen LogP contribution in [0.3, 0.4) is 0 Å². The SMILES string of the molecule is FC(F)(F)C(F)(F)C(F)(F)C(F)(F)C(F)(F)C(F)(F)C(F)(F)C(F)(F)CCOC(=S)c1cccs1. The molecule has 1 nitrogen and oxygen atoms in total. The maximum atomic E-state index is 13.7. The summed E-state index contributed by atoms with van der Waals surface area (Å²) in [5, 5.41) is 0.644. The van der Waals surface area contributed by atoms with Gasteiger partial charge in [0, 0.05) is 0 Å². The third kappa shape index (κ3) is 4.75. The predicted molar refractivity (Wildman–Crippen MR) is 87.3 cm³/mol. The minimum absolute atomic E-state index is 0.000550. The van der Waals surface area contributed by atoms with Gasteiger partial charge >= 0.3 is 47.6 Å². The maximum Gasteiger partial charge on any atom is 0.460 e. The Morgan fingerprint density at radius 2 is 1.06 bits per heavy atom. The van der Waals surface area contributed by atoms with Gasteiger partial charge in [0.2, 0.25) is 5.05 Å². The highest BCUT2D eigenvalue weighted by Crippen LogP contribution is 2.64. The molecule has 0 fully saturated rings. The molecule has 0 saturated heterocycles. The van der Waals surface area contributed by atoms with Gasteiger partial charge in [0.15, 0.2) is 0 Å². The van der Waals surface area contributed by atoms with Gasteiger partial charge in [-0.15, -0.1) is 11.3 Å². The van der Waals surface area contributed by atoms with E-state index in [9.17, 15) is 74.6 Å². The Bertz CT molecular complexity index is 888. The molecule has 204 valence electrons. The molecule has 1 aromatic rings. The summed E-state index contributed by atoms with van der Waals surface area (Å²) in [6.45, 7) is -1.76. The van der Waals surface area contributed by atoms with Crippen molar-refractivity contribution in [3.63, 3.8) is 0 Å². The number of halogens is 17. The number of hydrogen-bond acceptors (Lipinski definition) is 3. The van der Waals surface area contributed by atoms with Gasteiger partial charge in [-0.25, -0.2) is 0 Å². The highest BCUT2D eigenvalue weighted by atomic mass is 32.1. The molecule has 1 heterocycles. The number of thiophene rings is 1. The smallest absolute Gasteiger partial charge is 0.460 e. The highest BCUT2D eigenvalue weighted by molar-refractivity contribution is 7.80. The van der Waals surface area contributed by atoms with E-state index in [0.29, 0.717) is 0 Å². The maximum absolute atomic E-state index is 13.7. The first-order valence-electron chi connectivity index (χ1n) is 8.16. The third-order valence-corrected chi connectivity index (χ3v) is 5.49. The summed E-state index contributed by atoms with van der Waals surface area (Å²) in [6, 6.07) is 2.51. The van der Waals surface area contributed by atoms with Crippen molar-refractivity contribution in [1.82, 2.24) is 0 Å². The number of hydrogen-bond donors (Lipinski definition) is 0. The van der Waals surface area contributed by atoms with E-state index in [0.717, 1.165) is 11.3 Å². The summed E-state index contributed by atoms with van der Waals surface area (Å²) >= 11 is 5.28. The first-order valence-corrected chi connectivity index (χ1v) is 9.45. The van der Waals surface area contributed by atoms with E-state index in [1.807, 2.05) is 0 Å². The van der Waals surface area contributed by atoms with Crippen LogP contribution >= 0.6 is 23.6 Å². The molecule has 0 aromatic carbocycles. The second-order valence-corrected chi connectivity index (χ2v) is 7.83. The van der Waals surface area contributed by atoms with Crippen LogP contribution in [0.1, 0.15) is 11.3 Å². The van der Waals surface area contributed by atoms with Gasteiger partial charge in [0.05, 0.1) is 17.9 Å². The molecule has 0 N–H and O–H groups in total. The molecule has 1 aromatic heterocycles. The minimum atomic E-state index is -8.64. The van der Waals surface area contributed by atoms with E-state index in [1.165, 1.54) is 17.5 Å². The second-order valence-electron chi connectivity index (χ2n) is 6.51. The quantitative estimate of drug-likeness (QED) is 0.203. The van der Waals surface area contributed by atoms with Crippen LogP contribution in [0.5, 0.6) is 0 Å². The number of thiocarbonyl (C=S) groups is 1. The average molecular weight is 590 g/mol. The zero-order valence-corrected chi connectivity index (χ0v) is 17.4. The van der Waals surface area contributed by atoms with Crippen LogP contribution in [0.25, 0.3) is 0 Å². The fourth-order valence-corrected chi connectivity index (χ4v) is 3.00. The molecule has 0 aliphatic heterocycles. The molecule has 0 aliphatic rings. The molecular formula is C15H7F17OS2. The normalized spacial score (nSPS) is 15.3. The lowest BCUT2D eigenvalue weighted by molar-refractivity contribution is -0.461. The zero-order valence-electron chi connectivity index (χ0n) is 15.8. The van der Waals surface area contributed by atoms with Crippen LogP contribution in [0.4, 0.5) is 74.6 Å². The van der Waals surface area contributed by atoms with E-state index in [4.69, 9.17) is 0 Å². The molecule has 35 heavy (non-hydrogen) atoms. The lowest BCUT2D eigenvalue weighted by atomic mass is 9.88. The molecule has 0 aliphatic carbocycles. The summed E-state index contributed by atoms with van der Waals surface area (Å²) in [5.41, 5.74) is 0. The standard InChI is InChI=1S/C15H7F17OS2/c16-8(17,3-4-33-7(34)6-2-1-5-35-6)9(18,19)10(20,21)11(22,23)12(24,25)13(26,27)14(28,29)15(30,31)32/h1-2,5H,3-4H2. The van der Waals surface area contributed by atoms with Crippen molar-refractivity contribution in [2.75, 3.05) is 6.61 Å². The van der Waals surface area contributed by atoms with Crippen molar-refractivity contribution in [2.45, 2.75) is 54.1 Å². The Hall–Kier alpha value is -1.60. The molecule has 0 amide bonds. The van der Waals surface area contributed by atoms with E-state index in [2.05, 4.69) is 17.0 Å². The summed E-state index contributed by atoms with van der Waals surface area (Å²) < 4.78 is 228. The van der Waals surface area contributed by atoms with Crippen LogP contribution < -0.4 is 0 Å². The topological polar surface area (TPSA) is 9.23 Å². The van der Waals surface area contributed by atoms with Gasteiger partial charge in [0.1, 0.15) is 0 Å². The Morgan fingerprint density at radius 1 is 0.657 bits per heavy atom. The molecule has 0 saturated carbocycles. The Morgan fingerprint density at radius 3 is 1.43 bits per heavy atom. The summed E-state index contributed by atoms with van der Waals surface area (Å²) in [5.74, 6) is -56.4. The van der Waals surface area contributed by atoms with E-state index in [-0.39, 0.29) is 4.88 Å². The molecule has 0 radical (unpaired) electrons. The zero-order chi connectivity index (χ0) is 28.1. The van der Waals surface area contributed by atoms with Gasteiger partial charge in [-0.3, -0.25) is 0 Å². The van der Waals surface area contributed by atoms with Crippen LogP contribution in [0, 0.1) is 0 Å². The second kappa shape index (κ2) is 9.05. The largest absolute Gasteiger partial charge is 0.482 e. The van der Waals surface area contributed by atoms with Gasteiger partial charge in [-0.05, 0) is 23.7 Å². The molecule has 1 rings (SSSR count). The Labute approximate surface area is 191 Å². The van der Waals surface area contributed by atoms with E-state index >= 15 is 0 Å². The number of alkyl halides is 17. The first-order chi connectivity index (χ1) is 15.2. The lowest BCUT2D eigenvalue weighted by Gasteiger charge is -2.42. The molecule has 0 unspecified atom stereocenters. The molecular weight excluding hydrogens is 583 g/mol. The van der Waals surface area contributed by atoms with Gasteiger partial charge in [0.25, 0.3) is 0 Å². The van der Waals surface area contributed by atoms with Crippen LogP contribution in [-0.4, -0.2) is 59.3 Å². The van der Waals surface area contributed by atoms with Gasteiger partial charge < -0.3 is 4.74 Å². The van der Waals surface area contributed by atoms with Crippen molar-refractivity contribution in [2.24, 2.45) is 0 Å². The van der Waals surface area contributed by atoms with Crippen molar-refractivity contribution in [3.8, 4) is 0 Å². The summed E-state index contributed by atoms with van der Waals surface area (Å²) in [7, 11) is 0. The Kier molecular flexibility index (Phi) is 8.13. The molecule has 0 bridgehead atoms. The highest BCUT2D eigenvalue weighted by Gasteiger charge is 2.95. The third-order valence-electron chi connectivity index (χ3n) is 4.16. The number of rotatable bonds is 10. The van der Waals surface area contributed by atoms with Crippen LogP contribution in [0.2, 0.25) is 0 Å². The lowest BCUT2D eigenvalue weighted by Crippen LogP contribution is -2.74. The van der Waals surface area contributed by atoms with Crippen molar-refractivity contribution in [1.29, 1.82) is 0 Å². The first kappa shape index (κ1) is 31.4. The van der Waals surface area contributed by atoms with Crippen LogP contribution in [-0.2, 0) is 4.74 Å². The van der Waals surface area contributed by atoms with E-state index < -0.39 is 65.7 Å². The summed E-state index contributed by atoms with van der Waals surface area (Å²) in [4.78, 5) is -0.000550. The minimum Gasteiger partial charge on any atom is -0.482 e. The fraction of sp³-hybridized carbons (Fsp3) is 0.667. The molecule has 0 spiro atoms. The summed E-state index contributed by atoms with van der Waals surface area (Å²) in [6.07, 6.45) is -10.5. The van der Waals surface area contributed by atoms with Crippen molar-refractivity contribution < 1.29 is 79.4 Å². The predicted octanol–water partition coefficient (Wildman–Crippen LogP) is 7.84. The fourth-order valence-electron chi connectivity index (χ4n) is 2.09. The van der Waals surface area contributed by atoms with Gasteiger partial charge in [-0.2, -0.15) is 74.6 Å². The van der Waals surface area contributed by atoms with Crippen molar-refractivity contribution >= 4 is 28.6 Å². The Balaban J connectivity index is 3.32.